The van der Waals surface area contributed by atoms with E-state index in [0.29, 0.717) is 21.9 Å². The van der Waals surface area contributed by atoms with E-state index in [1.807, 2.05) is 24.3 Å². The minimum Gasteiger partial charge on any atom is -0.322 e. The SMILES string of the molecule is N=C(Nc1cnc(C(F)(F)F)cn1)c1nc2ccccc2cc1Br. The maximum absolute atomic E-state index is 12.5. The van der Waals surface area contributed by atoms with Crippen LogP contribution in [0.2, 0.25) is 0 Å². The van der Waals surface area contributed by atoms with Gasteiger partial charge in [-0.2, -0.15) is 13.2 Å². The summed E-state index contributed by atoms with van der Waals surface area (Å²) in [4.78, 5) is 11.3. The van der Waals surface area contributed by atoms with Gasteiger partial charge in [0, 0.05) is 9.86 Å². The summed E-state index contributed by atoms with van der Waals surface area (Å²) in [5.41, 5.74) is -0.0826. The topological polar surface area (TPSA) is 74.6 Å². The molecule has 122 valence electrons. The summed E-state index contributed by atoms with van der Waals surface area (Å²) < 4.78 is 38.0. The highest BCUT2D eigenvalue weighted by Gasteiger charge is 2.32. The number of nitrogens with one attached hydrogen (secondary N) is 2. The van der Waals surface area contributed by atoms with Gasteiger partial charge >= 0.3 is 6.18 Å². The van der Waals surface area contributed by atoms with Crippen LogP contribution in [0.1, 0.15) is 11.4 Å². The molecule has 2 aromatic heterocycles. The molecule has 0 amide bonds. The van der Waals surface area contributed by atoms with Gasteiger partial charge in [-0.3, -0.25) is 5.41 Å². The molecule has 0 unspecified atom stereocenters. The minimum absolute atomic E-state index is 0.0230. The fraction of sp³-hybridized carbons (Fsp3) is 0.0667. The van der Waals surface area contributed by atoms with E-state index in [2.05, 4.69) is 36.2 Å². The lowest BCUT2D eigenvalue weighted by Gasteiger charge is -2.10. The smallest absolute Gasteiger partial charge is 0.322 e. The maximum atomic E-state index is 12.5. The highest BCUT2D eigenvalue weighted by molar-refractivity contribution is 9.10. The summed E-state index contributed by atoms with van der Waals surface area (Å²) in [7, 11) is 0. The highest BCUT2D eigenvalue weighted by atomic mass is 79.9. The Labute approximate surface area is 142 Å². The van der Waals surface area contributed by atoms with E-state index in [9.17, 15) is 13.2 Å². The molecular weight excluding hydrogens is 387 g/mol. The molecular formula is C15H9BrF3N5. The van der Waals surface area contributed by atoms with Crippen molar-refractivity contribution in [1.82, 2.24) is 15.0 Å². The van der Waals surface area contributed by atoms with Crippen LogP contribution < -0.4 is 5.32 Å². The van der Waals surface area contributed by atoms with Crippen molar-refractivity contribution in [2.45, 2.75) is 6.18 Å². The molecule has 5 nitrogen and oxygen atoms in total. The largest absolute Gasteiger partial charge is 0.434 e. The van der Waals surface area contributed by atoms with E-state index in [0.717, 1.165) is 11.6 Å². The Hall–Kier alpha value is -2.55. The molecule has 1 aromatic carbocycles. The number of fused-ring (bicyclic) bond motifs is 1. The second-order valence-electron chi connectivity index (χ2n) is 4.80. The van der Waals surface area contributed by atoms with E-state index in [-0.39, 0.29) is 11.7 Å². The summed E-state index contributed by atoms with van der Waals surface area (Å²) in [5.74, 6) is -0.0865. The number of amidine groups is 1. The standard InChI is InChI=1S/C15H9BrF3N5/c16-9-5-8-3-1-2-4-10(8)23-13(9)14(20)24-12-7-21-11(6-22-12)15(17,18)19/h1-7H,(H2,20,22,24). The van der Waals surface area contributed by atoms with Gasteiger partial charge in [0.05, 0.1) is 17.9 Å². The number of nitrogens with zero attached hydrogens (tertiary/aromatic N) is 3. The maximum Gasteiger partial charge on any atom is 0.434 e. The van der Waals surface area contributed by atoms with Gasteiger partial charge in [0.25, 0.3) is 0 Å². The molecule has 0 aliphatic rings. The normalized spacial score (nSPS) is 11.5. The van der Waals surface area contributed by atoms with E-state index < -0.39 is 11.9 Å². The van der Waals surface area contributed by atoms with Crippen molar-refractivity contribution in [1.29, 1.82) is 5.41 Å². The molecule has 9 heteroatoms. The van der Waals surface area contributed by atoms with Crippen LogP contribution in [-0.2, 0) is 6.18 Å². The molecule has 0 fully saturated rings. The number of benzene rings is 1. The molecule has 0 saturated carbocycles. The zero-order valence-corrected chi connectivity index (χ0v) is 13.5. The fourth-order valence-electron chi connectivity index (χ4n) is 1.99. The van der Waals surface area contributed by atoms with Gasteiger partial charge in [0.2, 0.25) is 0 Å². The van der Waals surface area contributed by atoms with Crippen LogP contribution in [-0.4, -0.2) is 20.8 Å². The summed E-state index contributed by atoms with van der Waals surface area (Å²) in [6, 6.07) is 9.20. The van der Waals surface area contributed by atoms with Gasteiger partial charge in [-0.1, -0.05) is 18.2 Å². The molecule has 0 bridgehead atoms. The van der Waals surface area contributed by atoms with Crippen molar-refractivity contribution in [2.24, 2.45) is 0 Å². The molecule has 0 aliphatic carbocycles. The third-order valence-electron chi connectivity index (χ3n) is 3.11. The summed E-state index contributed by atoms with van der Waals surface area (Å²) in [6.07, 6.45) is -3.02. The van der Waals surface area contributed by atoms with Crippen LogP contribution in [0.15, 0.2) is 47.2 Å². The van der Waals surface area contributed by atoms with Crippen LogP contribution in [0.25, 0.3) is 10.9 Å². The molecule has 2 N–H and O–H groups in total. The number of hydrogen-bond acceptors (Lipinski definition) is 4. The molecule has 24 heavy (non-hydrogen) atoms. The Kier molecular flexibility index (Phi) is 4.18. The zero-order chi connectivity index (χ0) is 17.3. The predicted octanol–water partition coefficient (Wildman–Crippen LogP) is 4.24. The van der Waals surface area contributed by atoms with Gasteiger partial charge in [-0.05, 0) is 28.1 Å². The lowest BCUT2D eigenvalue weighted by Crippen LogP contribution is -2.16. The Bertz CT molecular complexity index is 909. The summed E-state index contributed by atoms with van der Waals surface area (Å²) in [6.45, 7) is 0. The lowest BCUT2D eigenvalue weighted by molar-refractivity contribution is -0.141. The first kappa shape index (κ1) is 16.3. The molecule has 2 heterocycles. The number of alkyl halides is 3. The highest BCUT2D eigenvalue weighted by Crippen LogP contribution is 2.27. The predicted molar refractivity (Wildman–Crippen MR) is 86.9 cm³/mol. The number of aromatic nitrogens is 3. The Balaban J connectivity index is 1.86. The minimum atomic E-state index is -4.55. The third-order valence-corrected chi connectivity index (χ3v) is 3.71. The average Bonchev–Trinajstić information content (AvgIpc) is 2.53. The molecule has 0 aliphatic heterocycles. The van der Waals surface area contributed by atoms with Crippen LogP contribution >= 0.6 is 15.9 Å². The van der Waals surface area contributed by atoms with Gasteiger partial charge in [-0.25, -0.2) is 15.0 Å². The summed E-state index contributed by atoms with van der Waals surface area (Å²) in [5, 5.41) is 11.6. The van der Waals surface area contributed by atoms with Crippen molar-refractivity contribution in [3.63, 3.8) is 0 Å². The first-order chi connectivity index (χ1) is 11.3. The van der Waals surface area contributed by atoms with Gasteiger partial charge in [-0.15, -0.1) is 0 Å². The van der Waals surface area contributed by atoms with Crippen molar-refractivity contribution in [3.05, 3.63) is 58.6 Å². The fourth-order valence-corrected chi connectivity index (χ4v) is 2.53. The Morgan fingerprint density at radius 1 is 1.12 bits per heavy atom. The molecule has 0 atom stereocenters. The zero-order valence-electron chi connectivity index (χ0n) is 11.9. The van der Waals surface area contributed by atoms with Crippen LogP contribution in [0.4, 0.5) is 19.0 Å². The number of anilines is 1. The third kappa shape index (κ3) is 3.35. The van der Waals surface area contributed by atoms with Crippen LogP contribution in [0.5, 0.6) is 0 Å². The number of hydrogen-bond donors (Lipinski definition) is 2. The molecule has 3 rings (SSSR count). The van der Waals surface area contributed by atoms with Crippen LogP contribution in [0, 0.1) is 5.41 Å². The number of pyridine rings is 1. The van der Waals surface area contributed by atoms with Crippen LogP contribution in [0.3, 0.4) is 0 Å². The first-order valence-corrected chi connectivity index (χ1v) is 7.44. The average molecular weight is 396 g/mol. The van der Waals surface area contributed by atoms with Crippen molar-refractivity contribution in [2.75, 3.05) is 5.32 Å². The van der Waals surface area contributed by atoms with E-state index >= 15 is 0 Å². The molecule has 0 radical (unpaired) electrons. The van der Waals surface area contributed by atoms with Gasteiger partial charge in [0.15, 0.2) is 11.5 Å². The first-order valence-electron chi connectivity index (χ1n) is 6.65. The van der Waals surface area contributed by atoms with Crippen molar-refractivity contribution in [3.8, 4) is 0 Å². The number of rotatable bonds is 2. The van der Waals surface area contributed by atoms with Crippen molar-refractivity contribution < 1.29 is 13.2 Å². The van der Waals surface area contributed by atoms with Crippen molar-refractivity contribution >= 4 is 38.5 Å². The monoisotopic (exact) mass is 395 g/mol. The van der Waals surface area contributed by atoms with Gasteiger partial charge < -0.3 is 5.32 Å². The second-order valence-corrected chi connectivity index (χ2v) is 5.65. The molecule has 0 saturated heterocycles. The Morgan fingerprint density at radius 2 is 1.88 bits per heavy atom. The van der Waals surface area contributed by atoms with E-state index in [1.54, 1.807) is 6.07 Å². The second kappa shape index (κ2) is 6.16. The number of para-hydroxylation sites is 1. The summed E-state index contributed by atoms with van der Waals surface area (Å²) >= 11 is 3.34. The number of halogens is 4. The molecule has 0 spiro atoms. The molecule has 3 aromatic rings. The Morgan fingerprint density at radius 3 is 2.54 bits per heavy atom. The van der Waals surface area contributed by atoms with E-state index in [1.165, 1.54) is 0 Å². The van der Waals surface area contributed by atoms with E-state index in [4.69, 9.17) is 5.41 Å². The lowest BCUT2D eigenvalue weighted by atomic mass is 10.2. The quantitative estimate of drug-likeness (QED) is 0.502. The van der Waals surface area contributed by atoms with Gasteiger partial charge in [0.1, 0.15) is 11.5 Å².